The molecule has 0 fully saturated rings. The smallest absolute Gasteiger partial charge is 0.309 e. The maximum Gasteiger partial charge on any atom is 0.309 e. The number of hydrogen-bond acceptors (Lipinski definition) is 3. The van der Waals surface area contributed by atoms with Crippen LogP contribution in [0, 0.1) is 3.57 Å². The summed E-state index contributed by atoms with van der Waals surface area (Å²) < 4.78 is 11.8. The number of rotatable bonds is 4. The van der Waals surface area contributed by atoms with Gasteiger partial charge in [-0.1, -0.05) is 6.07 Å². The van der Waals surface area contributed by atoms with Crippen molar-refractivity contribution in [3.8, 4) is 5.75 Å². The van der Waals surface area contributed by atoms with Gasteiger partial charge in [0.05, 0.1) is 13.0 Å². The van der Waals surface area contributed by atoms with Crippen molar-refractivity contribution in [1.29, 1.82) is 0 Å². The third kappa shape index (κ3) is 6.51. The Balaban J connectivity index is 2.31. The monoisotopic (exact) mass is 348 g/mol. The van der Waals surface area contributed by atoms with Crippen molar-refractivity contribution in [2.75, 3.05) is 6.61 Å². The summed E-state index contributed by atoms with van der Waals surface area (Å²) in [5.41, 5.74) is -0.431. The Morgan fingerprint density at radius 3 is 2.65 bits per heavy atom. The number of carbonyl (C=O) groups excluding carboxylic acids is 1. The van der Waals surface area contributed by atoms with Crippen molar-refractivity contribution in [3.63, 3.8) is 0 Å². The molecule has 94 valence electrons. The highest BCUT2D eigenvalue weighted by Crippen LogP contribution is 2.15. The minimum absolute atomic E-state index is 0.233. The standard InChI is InChI=1S/C13H17IO3/c1-13(2,3)17-12(15)7-8-16-11-6-4-5-10(14)9-11/h4-6,9H,7-8H2,1-3H3. The number of halogens is 1. The zero-order valence-electron chi connectivity index (χ0n) is 10.3. The van der Waals surface area contributed by atoms with E-state index in [-0.39, 0.29) is 12.4 Å². The van der Waals surface area contributed by atoms with Crippen molar-refractivity contribution in [2.24, 2.45) is 0 Å². The van der Waals surface area contributed by atoms with Crippen LogP contribution in [0.15, 0.2) is 24.3 Å². The molecule has 0 saturated heterocycles. The lowest BCUT2D eigenvalue weighted by Crippen LogP contribution is -2.24. The normalized spacial score (nSPS) is 11.1. The molecule has 4 heteroatoms. The predicted octanol–water partition coefficient (Wildman–Crippen LogP) is 3.40. The lowest BCUT2D eigenvalue weighted by atomic mass is 10.2. The summed E-state index contributed by atoms with van der Waals surface area (Å²) in [5.74, 6) is 0.545. The van der Waals surface area contributed by atoms with E-state index in [0.717, 1.165) is 9.32 Å². The second-order valence-corrected chi connectivity index (χ2v) is 5.89. The zero-order chi connectivity index (χ0) is 12.9. The first-order valence-corrected chi connectivity index (χ1v) is 6.55. The summed E-state index contributed by atoms with van der Waals surface area (Å²) >= 11 is 2.22. The Hall–Kier alpha value is -0.780. The van der Waals surface area contributed by atoms with Gasteiger partial charge in [-0.25, -0.2) is 0 Å². The van der Waals surface area contributed by atoms with Gasteiger partial charge in [0, 0.05) is 3.57 Å². The van der Waals surface area contributed by atoms with E-state index in [9.17, 15) is 4.79 Å². The maximum absolute atomic E-state index is 11.4. The van der Waals surface area contributed by atoms with Gasteiger partial charge in [-0.3, -0.25) is 4.79 Å². The highest BCUT2D eigenvalue weighted by molar-refractivity contribution is 14.1. The molecule has 0 bridgehead atoms. The average Bonchev–Trinajstić information content (AvgIpc) is 2.14. The molecule has 0 aliphatic carbocycles. The SMILES string of the molecule is CC(C)(C)OC(=O)CCOc1cccc(I)c1. The van der Waals surface area contributed by atoms with E-state index in [4.69, 9.17) is 9.47 Å². The first-order valence-electron chi connectivity index (χ1n) is 5.47. The maximum atomic E-state index is 11.4. The Morgan fingerprint density at radius 1 is 1.35 bits per heavy atom. The van der Waals surface area contributed by atoms with Gasteiger partial charge in [-0.2, -0.15) is 0 Å². The average molecular weight is 348 g/mol. The van der Waals surface area contributed by atoms with Crippen LogP contribution in [0.25, 0.3) is 0 Å². The fourth-order valence-electron chi connectivity index (χ4n) is 1.20. The van der Waals surface area contributed by atoms with Crippen molar-refractivity contribution < 1.29 is 14.3 Å². The Morgan fingerprint density at radius 2 is 2.06 bits per heavy atom. The van der Waals surface area contributed by atoms with Crippen molar-refractivity contribution in [3.05, 3.63) is 27.8 Å². The molecule has 0 aliphatic rings. The van der Waals surface area contributed by atoms with Crippen molar-refractivity contribution in [2.45, 2.75) is 32.8 Å². The molecule has 0 radical (unpaired) electrons. The first-order chi connectivity index (χ1) is 7.87. The second-order valence-electron chi connectivity index (χ2n) is 4.64. The van der Waals surface area contributed by atoms with Gasteiger partial charge in [0.15, 0.2) is 0 Å². The molecular weight excluding hydrogens is 331 g/mol. The number of benzene rings is 1. The lowest BCUT2D eigenvalue weighted by molar-refractivity contribution is -0.155. The Kier molecular flexibility index (Phi) is 5.24. The largest absolute Gasteiger partial charge is 0.493 e. The molecule has 0 aromatic heterocycles. The third-order valence-corrected chi connectivity index (χ3v) is 2.46. The van der Waals surface area contributed by atoms with E-state index >= 15 is 0 Å². The fraction of sp³-hybridized carbons (Fsp3) is 0.462. The molecular formula is C13H17IO3. The third-order valence-electron chi connectivity index (χ3n) is 1.79. The van der Waals surface area contributed by atoms with Crippen LogP contribution in [0.1, 0.15) is 27.2 Å². The predicted molar refractivity (Wildman–Crippen MR) is 75.1 cm³/mol. The van der Waals surface area contributed by atoms with Crippen LogP contribution < -0.4 is 4.74 Å². The van der Waals surface area contributed by atoms with E-state index in [1.165, 1.54) is 0 Å². The van der Waals surface area contributed by atoms with Gasteiger partial charge in [-0.05, 0) is 61.6 Å². The summed E-state index contributed by atoms with van der Waals surface area (Å²) in [4.78, 5) is 11.4. The number of ether oxygens (including phenoxy) is 2. The quantitative estimate of drug-likeness (QED) is 0.618. The van der Waals surface area contributed by atoms with Crippen LogP contribution >= 0.6 is 22.6 Å². The van der Waals surface area contributed by atoms with E-state index in [1.807, 2.05) is 45.0 Å². The number of carbonyl (C=O) groups is 1. The van der Waals surface area contributed by atoms with Crippen LogP contribution in [-0.4, -0.2) is 18.2 Å². The van der Waals surface area contributed by atoms with Crippen LogP contribution in [0.2, 0.25) is 0 Å². The molecule has 0 atom stereocenters. The number of esters is 1. The minimum Gasteiger partial charge on any atom is -0.493 e. The van der Waals surface area contributed by atoms with Crippen molar-refractivity contribution >= 4 is 28.6 Å². The Bertz CT molecular complexity index is 382. The second kappa shape index (κ2) is 6.23. The highest BCUT2D eigenvalue weighted by atomic mass is 127. The zero-order valence-corrected chi connectivity index (χ0v) is 12.5. The van der Waals surface area contributed by atoms with Crippen LogP contribution in [0.3, 0.4) is 0 Å². The molecule has 0 N–H and O–H groups in total. The number of hydrogen-bond donors (Lipinski definition) is 0. The molecule has 1 aromatic carbocycles. The van der Waals surface area contributed by atoms with Crippen LogP contribution in [0.4, 0.5) is 0 Å². The van der Waals surface area contributed by atoms with Gasteiger partial charge in [0.25, 0.3) is 0 Å². The first kappa shape index (κ1) is 14.3. The Labute approximate surface area is 116 Å². The molecule has 0 saturated carbocycles. The lowest BCUT2D eigenvalue weighted by Gasteiger charge is -2.19. The molecule has 3 nitrogen and oxygen atoms in total. The molecule has 0 unspecified atom stereocenters. The fourth-order valence-corrected chi connectivity index (χ4v) is 1.72. The van der Waals surface area contributed by atoms with Gasteiger partial charge in [-0.15, -0.1) is 0 Å². The summed E-state index contributed by atoms with van der Waals surface area (Å²) in [6.45, 7) is 5.90. The molecule has 0 spiro atoms. The van der Waals surface area contributed by atoms with Crippen LogP contribution in [0.5, 0.6) is 5.75 Å². The summed E-state index contributed by atoms with van der Waals surface area (Å²) in [7, 11) is 0. The summed E-state index contributed by atoms with van der Waals surface area (Å²) in [6, 6.07) is 7.71. The van der Waals surface area contributed by atoms with Gasteiger partial charge >= 0.3 is 5.97 Å². The molecule has 1 rings (SSSR count). The van der Waals surface area contributed by atoms with E-state index in [2.05, 4.69) is 22.6 Å². The van der Waals surface area contributed by atoms with Gasteiger partial charge < -0.3 is 9.47 Å². The van der Waals surface area contributed by atoms with Gasteiger partial charge in [0.2, 0.25) is 0 Å². The summed E-state index contributed by atoms with van der Waals surface area (Å²) in [5, 5.41) is 0. The topological polar surface area (TPSA) is 35.5 Å². The van der Waals surface area contributed by atoms with Crippen LogP contribution in [-0.2, 0) is 9.53 Å². The molecule has 0 aliphatic heterocycles. The molecule has 17 heavy (non-hydrogen) atoms. The molecule has 0 heterocycles. The van der Waals surface area contributed by atoms with Crippen molar-refractivity contribution in [1.82, 2.24) is 0 Å². The summed E-state index contributed by atoms with van der Waals surface area (Å²) in [6.07, 6.45) is 0.267. The minimum atomic E-state index is -0.431. The molecule has 0 amide bonds. The van der Waals surface area contributed by atoms with E-state index in [1.54, 1.807) is 0 Å². The van der Waals surface area contributed by atoms with E-state index in [0.29, 0.717) is 6.61 Å². The highest BCUT2D eigenvalue weighted by Gasteiger charge is 2.15. The van der Waals surface area contributed by atoms with Gasteiger partial charge in [0.1, 0.15) is 11.4 Å². The molecule has 1 aromatic rings. The van der Waals surface area contributed by atoms with E-state index < -0.39 is 5.60 Å².